The number of hydrogen-bond acceptors (Lipinski definition) is 5. The topological polar surface area (TPSA) is 108 Å². The number of aliphatic hydroxyl groups is 1. The second-order valence-corrected chi connectivity index (χ2v) is 9.54. The summed E-state index contributed by atoms with van der Waals surface area (Å²) in [6.07, 6.45) is 5.16. The van der Waals surface area contributed by atoms with Crippen LogP contribution in [0, 0.1) is 0 Å². The lowest BCUT2D eigenvalue weighted by Crippen LogP contribution is -2.54. The number of carbonyl (C=O) groups is 3. The third-order valence-electron chi connectivity index (χ3n) is 5.31. The number of alkyl carbamates (subject to hydrolysis) is 1. The van der Waals surface area contributed by atoms with Gasteiger partial charge in [-0.05, 0) is 50.8 Å². The molecule has 196 valence electrons. The average molecular weight is 490 g/mol. The highest BCUT2D eigenvalue weighted by Crippen LogP contribution is 2.25. The summed E-state index contributed by atoms with van der Waals surface area (Å²) in [5.41, 5.74) is 0.690. The van der Waals surface area contributed by atoms with E-state index in [0.717, 1.165) is 31.2 Å². The lowest BCUT2D eigenvalue weighted by molar-refractivity contribution is -0.143. The standard InChI is InChI=1S/C27H43N3O5/c1-7-10-12-16-28-24(32)23(21-15-13-14-20(9-3)18-21)30(17-11-8-2)25(33)22(19-31)29-26(34)35-27(4,5)6/h9,13-15,18,22-23,31H,3,7-8,10-12,16-17,19H2,1-2,4-6H3,(H,28,32)(H,29,34). The van der Waals surface area contributed by atoms with E-state index >= 15 is 0 Å². The Kier molecular flexibility index (Phi) is 13.1. The van der Waals surface area contributed by atoms with Crippen molar-refractivity contribution in [1.29, 1.82) is 0 Å². The van der Waals surface area contributed by atoms with E-state index < -0.39 is 36.3 Å². The molecular formula is C27H43N3O5. The fourth-order valence-corrected chi connectivity index (χ4v) is 3.54. The van der Waals surface area contributed by atoms with Crippen LogP contribution in [-0.2, 0) is 14.3 Å². The number of nitrogens with zero attached hydrogens (tertiary/aromatic N) is 1. The number of amides is 3. The summed E-state index contributed by atoms with van der Waals surface area (Å²) >= 11 is 0. The molecule has 0 fully saturated rings. The highest BCUT2D eigenvalue weighted by Gasteiger charge is 2.35. The van der Waals surface area contributed by atoms with E-state index in [9.17, 15) is 19.5 Å². The molecule has 0 aromatic heterocycles. The third kappa shape index (κ3) is 10.5. The molecule has 2 atom stereocenters. The molecule has 0 radical (unpaired) electrons. The van der Waals surface area contributed by atoms with Gasteiger partial charge in [-0.25, -0.2) is 4.79 Å². The number of carbonyl (C=O) groups excluding carboxylic acids is 3. The predicted molar refractivity (Wildman–Crippen MR) is 139 cm³/mol. The first kappa shape index (κ1) is 30.2. The normalized spacial score (nSPS) is 12.9. The van der Waals surface area contributed by atoms with Gasteiger partial charge in [0.2, 0.25) is 11.8 Å². The maximum atomic E-state index is 13.6. The van der Waals surface area contributed by atoms with Crippen molar-refractivity contribution in [2.24, 2.45) is 0 Å². The Morgan fingerprint density at radius 2 is 1.83 bits per heavy atom. The molecule has 0 bridgehead atoms. The monoisotopic (exact) mass is 489 g/mol. The van der Waals surface area contributed by atoms with Crippen LogP contribution < -0.4 is 10.6 Å². The van der Waals surface area contributed by atoms with Crippen molar-refractivity contribution >= 4 is 24.0 Å². The molecule has 0 aliphatic heterocycles. The Hall–Kier alpha value is -2.87. The maximum absolute atomic E-state index is 13.6. The first-order chi connectivity index (χ1) is 16.6. The maximum Gasteiger partial charge on any atom is 0.408 e. The average Bonchev–Trinajstić information content (AvgIpc) is 2.81. The molecule has 2 unspecified atom stereocenters. The largest absolute Gasteiger partial charge is 0.444 e. The van der Waals surface area contributed by atoms with Crippen molar-refractivity contribution in [2.45, 2.75) is 84.4 Å². The Balaban J connectivity index is 3.34. The number of unbranched alkanes of at least 4 members (excludes halogenated alkanes) is 3. The highest BCUT2D eigenvalue weighted by molar-refractivity contribution is 5.92. The molecule has 35 heavy (non-hydrogen) atoms. The van der Waals surface area contributed by atoms with Gasteiger partial charge in [-0.2, -0.15) is 0 Å². The Bertz CT molecular complexity index is 834. The zero-order valence-electron chi connectivity index (χ0n) is 21.9. The highest BCUT2D eigenvalue weighted by atomic mass is 16.6. The zero-order valence-corrected chi connectivity index (χ0v) is 21.9. The van der Waals surface area contributed by atoms with Crippen molar-refractivity contribution in [3.8, 4) is 0 Å². The zero-order chi connectivity index (χ0) is 26.4. The molecule has 1 aromatic carbocycles. The molecule has 0 heterocycles. The molecule has 0 saturated heterocycles. The van der Waals surface area contributed by atoms with E-state index in [-0.39, 0.29) is 12.5 Å². The Morgan fingerprint density at radius 3 is 2.40 bits per heavy atom. The fraction of sp³-hybridized carbons (Fsp3) is 0.593. The number of ether oxygens (including phenoxy) is 1. The summed E-state index contributed by atoms with van der Waals surface area (Å²) in [6, 6.07) is 5.13. The molecule has 3 amide bonds. The fourth-order valence-electron chi connectivity index (χ4n) is 3.54. The van der Waals surface area contributed by atoms with Crippen LogP contribution in [0.4, 0.5) is 4.79 Å². The van der Waals surface area contributed by atoms with Crippen LogP contribution in [0.15, 0.2) is 30.8 Å². The second kappa shape index (κ2) is 15.2. The van der Waals surface area contributed by atoms with E-state index in [2.05, 4.69) is 24.1 Å². The van der Waals surface area contributed by atoms with Crippen LogP contribution in [0.3, 0.4) is 0 Å². The smallest absolute Gasteiger partial charge is 0.408 e. The number of nitrogens with one attached hydrogen (secondary N) is 2. The summed E-state index contributed by atoms with van der Waals surface area (Å²) in [5, 5.41) is 15.4. The molecular weight excluding hydrogens is 446 g/mol. The number of benzene rings is 1. The molecule has 3 N–H and O–H groups in total. The molecule has 0 aliphatic rings. The van der Waals surface area contributed by atoms with Crippen LogP contribution in [0.5, 0.6) is 0 Å². The minimum Gasteiger partial charge on any atom is -0.444 e. The summed E-state index contributed by atoms with van der Waals surface area (Å²) in [5.74, 6) is -0.856. The summed E-state index contributed by atoms with van der Waals surface area (Å²) in [4.78, 5) is 40.8. The van der Waals surface area contributed by atoms with Crippen LogP contribution >= 0.6 is 0 Å². The summed E-state index contributed by atoms with van der Waals surface area (Å²) in [7, 11) is 0. The van der Waals surface area contributed by atoms with Gasteiger partial charge >= 0.3 is 6.09 Å². The van der Waals surface area contributed by atoms with Crippen molar-refractivity contribution in [2.75, 3.05) is 19.7 Å². The van der Waals surface area contributed by atoms with Crippen LogP contribution in [-0.4, -0.2) is 59.3 Å². The molecule has 1 aromatic rings. The molecule has 0 aliphatic carbocycles. The van der Waals surface area contributed by atoms with Gasteiger partial charge in [0.15, 0.2) is 0 Å². The lowest BCUT2D eigenvalue weighted by atomic mass is 10.00. The van der Waals surface area contributed by atoms with Gasteiger partial charge in [-0.1, -0.05) is 64.0 Å². The van der Waals surface area contributed by atoms with Crippen molar-refractivity contribution in [1.82, 2.24) is 15.5 Å². The number of aliphatic hydroxyl groups excluding tert-OH is 1. The van der Waals surface area contributed by atoms with Gasteiger partial charge in [0.05, 0.1) is 6.61 Å². The lowest BCUT2D eigenvalue weighted by Gasteiger charge is -2.34. The van der Waals surface area contributed by atoms with Crippen LogP contribution in [0.2, 0.25) is 0 Å². The van der Waals surface area contributed by atoms with Gasteiger partial charge in [0, 0.05) is 13.1 Å². The van der Waals surface area contributed by atoms with Crippen molar-refractivity contribution in [3.05, 3.63) is 42.0 Å². The minimum atomic E-state index is -1.25. The minimum absolute atomic E-state index is 0.285. The summed E-state index contributed by atoms with van der Waals surface area (Å²) < 4.78 is 5.26. The van der Waals surface area contributed by atoms with Gasteiger partial charge in [0.1, 0.15) is 17.7 Å². The number of hydrogen-bond donors (Lipinski definition) is 3. The molecule has 1 rings (SSSR count). The first-order valence-corrected chi connectivity index (χ1v) is 12.5. The Morgan fingerprint density at radius 1 is 1.14 bits per heavy atom. The Labute approximate surface area is 210 Å². The number of rotatable bonds is 14. The van der Waals surface area contributed by atoms with Crippen molar-refractivity contribution < 1.29 is 24.2 Å². The van der Waals surface area contributed by atoms with Gasteiger partial charge in [-0.15, -0.1) is 0 Å². The van der Waals surface area contributed by atoms with Crippen LogP contribution in [0.25, 0.3) is 6.08 Å². The molecule has 0 saturated carbocycles. The van der Waals surface area contributed by atoms with Crippen molar-refractivity contribution in [3.63, 3.8) is 0 Å². The van der Waals surface area contributed by atoms with Crippen LogP contribution in [0.1, 0.15) is 83.9 Å². The quantitative estimate of drug-likeness (QED) is 0.340. The predicted octanol–water partition coefficient (Wildman–Crippen LogP) is 4.19. The van der Waals surface area contributed by atoms with Gasteiger partial charge < -0.3 is 25.4 Å². The first-order valence-electron chi connectivity index (χ1n) is 12.5. The van der Waals surface area contributed by atoms with Gasteiger partial charge in [0.25, 0.3) is 0 Å². The molecule has 8 nitrogen and oxygen atoms in total. The van der Waals surface area contributed by atoms with E-state index in [1.165, 1.54) is 4.90 Å². The third-order valence-corrected chi connectivity index (χ3v) is 5.31. The van der Waals surface area contributed by atoms with E-state index in [4.69, 9.17) is 4.74 Å². The summed E-state index contributed by atoms with van der Waals surface area (Å²) in [6.45, 7) is 13.2. The van der Waals surface area contributed by atoms with E-state index in [1.807, 2.05) is 25.1 Å². The molecule has 0 spiro atoms. The van der Waals surface area contributed by atoms with E-state index in [1.54, 1.807) is 32.9 Å². The second-order valence-electron chi connectivity index (χ2n) is 9.54. The van der Waals surface area contributed by atoms with E-state index in [0.29, 0.717) is 18.5 Å². The van der Waals surface area contributed by atoms with Gasteiger partial charge in [-0.3, -0.25) is 9.59 Å². The SMILES string of the molecule is C=Cc1cccc(C(C(=O)NCCCCC)N(CCCC)C(=O)C(CO)NC(=O)OC(C)(C)C)c1. The molecule has 8 heteroatoms.